The van der Waals surface area contributed by atoms with Gasteiger partial charge in [0, 0.05) is 25.4 Å². The number of benzene rings is 1. The van der Waals surface area contributed by atoms with Crippen LogP contribution in [-0.2, 0) is 11.2 Å². The molecule has 0 aromatic heterocycles. The Labute approximate surface area is 131 Å². The molecule has 0 radical (unpaired) electrons. The SMILES string of the molecule is CC(C)(C)OC(=O)N[C@@H]1CNC[C@@H]1c1ccc2c(c1)CCO2. The summed E-state index contributed by atoms with van der Waals surface area (Å²) < 4.78 is 10.9. The van der Waals surface area contributed by atoms with Crippen molar-refractivity contribution in [3.8, 4) is 5.75 Å². The zero-order valence-corrected chi connectivity index (χ0v) is 13.4. The van der Waals surface area contributed by atoms with E-state index in [0.717, 1.165) is 31.9 Å². The maximum Gasteiger partial charge on any atom is 0.407 e. The van der Waals surface area contributed by atoms with E-state index in [1.54, 1.807) is 0 Å². The van der Waals surface area contributed by atoms with E-state index in [1.807, 2.05) is 26.8 Å². The number of hydrogen-bond donors (Lipinski definition) is 2. The molecule has 1 aromatic rings. The van der Waals surface area contributed by atoms with Gasteiger partial charge in [0.15, 0.2) is 0 Å². The normalized spacial score (nSPS) is 23.8. The highest BCUT2D eigenvalue weighted by Crippen LogP contribution is 2.31. The van der Waals surface area contributed by atoms with Gasteiger partial charge >= 0.3 is 6.09 Å². The quantitative estimate of drug-likeness (QED) is 0.879. The van der Waals surface area contributed by atoms with Gasteiger partial charge in [0.1, 0.15) is 11.4 Å². The lowest BCUT2D eigenvalue weighted by Gasteiger charge is -2.24. The summed E-state index contributed by atoms with van der Waals surface area (Å²) in [5.41, 5.74) is 2.03. The Morgan fingerprint density at radius 3 is 2.95 bits per heavy atom. The van der Waals surface area contributed by atoms with Crippen LogP contribution in [0.5, 0.6) is 5.75 Å². The molecule has 1 fully saturated rings. The standard InChI is InChI=1S/C17H24N2O3/c1-17(2,3)22-16(20)19-14-10-18-9-13(14)11-4-5-15-12(8-11)6-7-21-15/h4-5,8,13-14,18H,6-7,9-10H2,1-3H3,(H,19,20)/t13-,14-/m1/s1. The summed E-state index contributed by atoms with van der Waals surface area (Å²) in [7, 11) is 0. The van der Waals surface area contributed by atoms with E-state index in [2.05, 4.69) is 22.8 Å². The number of amides is 1. The molecule has 0 bridgehead atoms. The van der Waals surface area contributed by atoms with Gasteiger partial charge in [-0.3, -0.25) is 0 Å². The largest absolute Gasteiger partial charge is 0.493 e. The van der Waals surface area contributed by atoms with Gasteiger partial charge in [0.05, 0.1) is 12.6 Å². The molecule has 120 valence electrons. The highest BCUT2D eigenvalue weighted by atomic mass is 16.6. The zero-order valence-electron chi connectivity index (χ0n) is 13.4. The molecular weight excluding hydrogens is 280 g/mol. The highest BCUT2D eigenvalue weighted by Gasteiger charge is 2.31. The number of carbonyl (C=O) groups is 1. The summed E-state index contributed by atoms with van der Waals surface area (Å²) in [4.78, 5) is 12.0. The van der Waals surface area contributed by atoms with Crippen molar-refractivity contribution in [2.75, 3.05) is 19.7 Å². The van der Waals surface area contributed by atoms with Gasteiger partial charge in [0.2, 0.25) is 0 Å². The second-order valence-electron chi connectivity index (χ2n) is 6.98. The number of rotatable bonds is 2. The van der Waals surface area contributed by atoms with Gasteiger partial charge in [-0.25, -0.2) is 4.79 Å². The number of hydrogen-bond acceptors (Lipinski definition) is 4. The Morgan fingerprint density at radius 2 is 2.18 bits per heavy atom. The molecule has 0 aliphatic carbocycles. The molecule has 2 heterocycles. The van der Waals surface area contributed by atoms with Crippen molar-refractivity contribution in [2.45, 2.75) is 44.8 Å². The number of alkyl carbamates (subject to hydrolysis) is 1. The Hall–Kier alpha value is -1.75. The van der Waals surface area contributed by atoms with E-state index in [9.17, 15) is 4.79 Å². The number of ether oxygens (including phenoxy) is 2. The molecule has 0 saturated carbocycles. The first-order chi connectivity index (χ1) is 10.4. The smallest absolute Gasteiger partial charge is 0.407 e. The lowest BCUT2D eigenvalue weighted by atomic mass is 9.92. The topological polar surface area (TPSA) is 59.6 Å². The molecule has 1 amide bonds. The summed E-state index contributed by atoms with van der Waals surface area (Å²) in [5.74, 6) is 1.25. The number of carbonyl (C=O) groups excluding carboxylic acids is 1. The fourth-order valence-electron chi connectivity index (χ4n) is 3.08. The minimum atomic E-state index is -0.476. The second kappa shape index (κ2) is 5.80. The molecule has 5 heteroatoms. The Bertz CT molecular complexity index is 566. The second-order valence-corrected chi connectivity index (χ2v) is 6.98. The van der Waals surface area contributed by atoms with Crippen LogP contribution in [0.2, 0.25) is 0 Å². The van der Waals surface area contributed by atoms with Crippen LogP contribution in [0.25, 0.3) is 0 Å². The Kier molecular flexibility index (Phi) is 4.00. The first-order valence-electron chi connectivity index (χ1n) is 7.88. The molecule has 0 unspecified atom stereocenters. The van der Waals surface area contributed by atoms with Crippen molar-refractivity contribution in [3.63, 3.8) is 0 Å². The van der Waals surface area contributed by atoms with Crippen LogP contribution in [0, 0.1) is 0 Å². The van der Waals surface area contributed by atoms with Gasteiger partial charge in [-0.05, 0) is 38.0 Å². The molecule has 2 atom stereocenters. The average Bonchev–Trinajstić information content (AvgIpc) is 3.03. The maximum absolute atomic E-state index is 12.0. The maximum atomic E-state index is 12.0. The predicted octanol–water partition coefficient (Wildman–Crippen LogP) is 2.20. The first-order valence-corrected chi connectivity index (χ1v) is 7.88. The van der Waals surface area contributed by atoms with Crippen LogP contribution in [-0.4, -0.2) is 37.4 Å². The lowest BCUT2D eigenvalue weighted by Crippen LogP contribution is -2.42. The van der Waals surface area contributed by atoms with E-state index in [1.165, 1.54) is 11.1 Å². The summed E-state index contributed by atoms with van der Waals surface area (Å²) >= 11 is 0. The fraction of sp³-hybridized carbons (Fsp3) is 0.588. The van der Waals surface area contributed by atoms with Crippen molar-refractivity contribution in [2.24, 2.45) is 0 Å². The third-order valence-corrected chi connectivity index (χ3v) is 4.06. The zero-order chi connectivity index (χ0) is 15.7. The van der Waals surface area contributed by atoms with E-state index in [-0.39, 0.29) is 18.1 Å². The van der Waals surface area contributed by atoms with Crippen LogP contribution in [0.1, 0.15) is 37.8 Å². The summed E-state index contributed by atoms with van der Waals surface area (Å²) in [6.07, 6.45) is 0.615. The van der Waals surface area contributed by atoms with E-state index in [4.69, 9.17) is 9.47 Å². The van der Waals surface area contributed by atoms with Crippen molar-refractivity contribution in [1.82, 2.24) is 10.6 Å². The van der Waals surface area contributed by atoms with Crippen LogP contribution < -0.4 is 15.4 Å². The fourth-order valence-corrected chi connectivity index (χ4v) is 3.08. The van der Waals surface area contributed by atoms with Crippen molar-refractivity contribution < 1.29 is 14.3 Å². The molecule has 22 heavy (non-hydrogen) atoms. The minimum Gasteiger partial charge on any atom is -0.493 e. The van der Waals surface area contributed by atoms with Gasteiger partial charge in [-0.15, -0.1) is 0 Å². The molecule has 3 rings (SSSR count). The highest BCUT2D eigenvalue weighted by molar-refractivity contribution is 5.68. The third-order valence-electron chi connectivity index (χ3n) is 4.06. The molecule has 1 aromatic carbocycles. The van der Waals surface area contributed by atoms with Crippen molar-refractivity contribution in [1.29, 1.82) is 0 Å². The van der Waals surface area contributed by atoms with Gasteiger partial charge in [-0.2, -0.15) is 0 Å². The predicted molar refractivity (Wildman–Crippen MR) is 84.4 cm³/mol. The Morgan fingerprint density at radius 1 is 1.36 bits per heavy atom. The van der Waals surface area contributed by atoms with Crippen LogP contribution in [0.3, 0.4) is 0 Å². The van der Waals surface area contributed by atoms with Crippen LogP contribution in [0.4, 0.5) is 4.79 Å². The van der Waals surface area contributed by atoms with E-state index < -0.39 is 5.60 Å². The average molecular weight is 304 g/mol. The van der Waals surface area contributed by atoms with Crippen LogP contribution >= 0.6 is 0 Å². The molecule has 2 N–H and O–H groups in total. The van der Waals surface area contributed by atoms with Crippen LogP contribution in [0.15, 0.2) is 18.2 Å². The summed E-state index contributed by atoms with van der Waals surface area (Å²) in [6.45, 7) is 8.01. The molecule has 0 spiro atoms. The third kappa shape index (κ3) is 3.35. The summed E-state index contributed by atoms with van der Waals surface area (Å²) in [6, 6.07) is 6.41. The lowest BCUT2D eigenvalue weighted by molar-refractivity contribution is 0.0504. The first kappa shape index (κ1) is 15.2. The molecule has 2 aliphatic rings. The molecule has 1 saturated heterocycles. The molecule has 2 aliphatic heterocycles. The Balaban J connectivity index is 1.69. The minimum absolute atomic E-state index is 0.0511. The summed E-state index contributed by atoms with van der Waals surface area (Å²) in [5, 5.41) is 6.35. The van der Waals surface area contributed by atoms with E-state index in [0.29, 0.717) is 0 Å². The molecule has 5 nitrogen and oxygen atoms in total. The number of fused-ring (bicyclic) bond motifs is 1. The monoisotopic (exact) mass is 304 g/mol. The van der Waals surface area contributed by atoms with E-state index >= 15 is 0 Å². The van der Waals surface area contributed by atoms with Gasteiger partial charge < -0.3 is 20.1 Å². The van der Waals surface area contributed by atoms with Gasteiger partial charge in [-0.1, -0.05) is 12.1 Å². The molecular formula is C17H24N2O3. The van der Waals surface area contributed by atoms with Crippen molar-refractivity contribution in [3.05, 3.63) is 29.3 Å². The van der Waals surface area contributed by atoms with Crippen molar-refractivity contribution >= 4 is 6.09 Å². The van der Waals surface area contributed by atoms with Gasteiger partial charge in [0.25, 0.3) is 0 Å². The number of nitrogens with one attached hydrogen (secondary N) is 2.